The first kappa shape index (κ1) is 40.1. The van der Waals surface area contributed by atoms with E-state index in [1.54, 1.807) is 76.2 Å². The van der Waals surface area contributed by atoms with Crippen LogP contribution in [0.5, 0.6) is 0 Å². The minimum Gasteiger partial charge on any atom is -0.459 e. The van der Waals surface area contributed by atoms with Crippen molar-refractivity contribution in [2.75, 3.05) is 6.61 Å². The van der Waals surface area contributed by atoms with Gasteiger partial charge in [0.2, 0.25) is 0 Å². The molecule has 1 saturated heterocycles. The van der Waals surface area contributed by atoms with E-state index < -0.39 is 118 Å². The molecule has 5 fully saturated rings. The number of Topliss-reactive ketones (excluding diaryl/α,β-unsaturated/α-hetero) is 1. The number of aliphatic hydroxyl groups excluding tert-OH is 3. The largest absolute Gasteiger partial charge is 0.459 e. The van der Waals surface area contributed by atoms with Gasteiger partial charge in [-0.2, -0.15) is 0 Å². The number of carbonyl (C=O) groups excluding carboxylic acids is 5. The van der Waals surface area contributed by atoms with Crippen molar-refractivity contribution in [3.05, 3.63) is 82.9 Å². The normalized spacial score (nSPS) is 39.0. The molecule has 1 amide bonds. The minimum atomic E-state index is -2.05. The van der Waals surface area contributed by atoms with Gasteiger partial charge in [-0.3, -0.25) is 9.59 Å². The molecule has 0 radical (unpaired) electrons. The van der Waals surface area contributed by atoms with Crippen LogP contribution in [0, 0.1) is 28.6 Å². The third-order valence-electron chi connectivity index (χ3n) is 13.8. The van der Waals surface area contributed by atoms with Crippen molar-refractivity contribution in [3.63, 3.8) is 0 Å². The molecule has 1 spiro atoms. The molecule has 2 aromatic carbocycles. The van der Waals surface area contributed by atoms with Crippen molar-refractivity contribution in [1.29, 1.82) is 0 Å². The molecule has 1 heterocycles. The Morgan fingerprint density at radius 1 is 0.983 bits per heavy atom. The summed E-state index contributed by atoms with van der Waals surface area (Å²) in [6, 6.07) is 15.0. The van der Waals surface area contributed by atoms with E-state index in [9.17, 15) is 44.4 Å². The van der Waals surface area contributed by atoms with Crippen molar-refractivity contribution >= 4 is 29.8 Å². The van der Waals surface area contributed by atoms with Gasteiger partial charge < -0.3 is 49.4 Å². The van der Waals surface area contributed by atoms with Crippen molar-refractivity contribution < 1.29 is 68.1 Å². The molecular formula is C43H49NO14. The number of alkyl carbamates (subject to hydrolysis) is 1. The zero-order valence-corrected chi connectivity index (χ0v) is 33.0. The van der Waals surface area contributed by atoms with E-state index in [-0.39, 0.29) is 30.6 Å². The average Bonchev–Trinajstić information content (AvgIpc) is 3.16. The van der Waals surface area contributed by atoms with E-state index in [1.165, 1.54) is 26.0 Å². The number of rotatable bonds is 8. The number of hydrogen-bond donors (Lipinski definition) is 5. The lowest BCUT2D eigenvalue weighted by molar-refractivity contribution is -0.398. The molecule has 3 unspecified atom stereocenters. The van der Waals surface area contributed by atoms with Crippen LogP contribution >= 0.6 is 0 Å². The van der Waals surface area contributed by atoms with E-state index >= 15 is 0 Å². The number of nitrogens with one attached hydrogen (secondary N) is 1. The number of aliphatic hydroxyl groups is 4. The third kappa shape index (κ3) is 5.39. The maximum Gasteiger partial charge on any atom is 0.408 e. The summed E-state index contributed by atoms with van der Waals surface area (Å²) in [5.74, 6) is -6.42. The molecule has 15 nitrogen and oxygen atoms in total. The Hall–Kier alpha value is -4.67. The summed E-state index contributed by atoms with van der Waals surface area (Å²) >= 11 is 0. The number of fused-ring (bicyclic) bond motifs is 3. The number of ether oxygens (including phenoxy) is 5. The van der Waals surface area contributed by atoms with Gasteiger partial charge in [-0.05, 0) is 64.3 Å². The van der Waals surface area contributed by atoms with Gasteiger partial charge in [-0.1, -0.05) is 54.1 Å². The van der Waals surface area contributed by atoms with E-state index in [0.29, 0.717) is 11.1 Å². The SMILES string of the molecule is CC(=O)O[C@@]12CO[C@@H]1C[C@H](O)[C@@]1(C)C(=O)[C@H](O)C3=C(C)C4[C@@H](OC(=O)[C@H](O)[C@@H](NC(=O)OC(C)(C)C)c5ccccc5)C5C[C@@](O)([C@@H](OC(=O)c6ccccc6)[C@H]21)C354. The van der Waals surface area contributed by atoms with E-state index in [0.717, 1.165) is 0 Å². The molecule has 15 heteroatoms. The maximum atomic E-state index is 14.8. The molecule has 0 bridgehead atoms. The standard InChI is InChI=1S/C43H49NO14/c1-20-27-30(47)34(49)40(6)25(46)17-26-41(19-54-26,57-21(2)45)33(40)35(56-36(50)23-15-11-8-12-16-23)42(53)18-24-32(28(20)43(24,27)42)55-37(51)31(48)29(22-13-9-7-10-14-22)44-38(52)58-39(3,4)5/h7-16,24-26,28-33,35,46-48,53H,17-19H2,1-6H3,(H,44,52)/t24?,25-,26+,28?,29-,30+,31+,32-,33-,35-,40+,41-,42+,43?/m0/s1. The van der Waals surface area contributed by atoms with Crippen LogP contribution in [0.2, 0.25) is 0 Å². The van der Waals surface area contributed by atoms with Crippen molar-refractivity contribution in [3.8, 4) is 0 Å². The molecule has 2 aromatic rings. The summed E-state index contributed by atoms with van der Waals surface area (Å²) in [5.41, 5.74) is -6.79. The van der Waals surface area contributed by atoms with E-state index in [1.807, 2.05) is 0 Å². The summed E-state index contributed by atoms with van der Waals surface area (Å²) in [6.07, 6.45) is -9.94. The summed E-state index contributed by atoms with van der Waals surface area (Å²) in [6.45, 7) is 9.03. The fourth-order valence-corrected chi connectivity index (χ4v) is 11.5. The second-order valence-corrected chi connectivity index (χ2v) is 17.9. The highest BCUT2D eigenvalue weighted by Crippen LogP contribution is 2.84. The molecule has 4 saturated carbocycles. The zero-order valence-electron chi connectivity index (χ0n) is 33.0. The van der Waals surface area contributed by atoms with Crippen LogP contribution in [0.15, 0.2) is 71.8 Å². The van der Waals surface area contributed by atoms with Crippen molar-refractivity contribution in [2.45, 2.75) is 114 Å². The second-order valence-electron chi connectivity index (χ2n) is 17.9. The Morgan fingerprint density at radius 2 is 1.62 bits per heavy atom. The van der Waals surface area contributed by atoms with Crippen LogP contribution in [0.1, 0.15) is 76.3 Å². The van der Waals surface area contributed by atoms with Gasteiger partial charge in [0.25, 0.3) is 0 Å². The lowest BCUT2D eigenvalue weighted by Crippen LogP contribution is -2.92. The van der Waals surface area contributed by atoms with Crippen LogP contribution in [-0.4, -0.2) is 110 Å². The summed E-state index contributed by atoms with van der Waals surface area (Å²) in [5, 5.41) is 51.2. The maximum absolute atomic E-state index is 14.8. The molecule has 5 aliphatic carbocycles. The Morgan fingerprint density at radius 3 is 2.21 bits per heavy atom. The fraction of sp³-hybridized carbons (Fsp3) is 0.558. The van der Waals surface area contributed by atoms with Gasteiger partial charge in [0, 0.05) is 30.6 Å². The van der Waals surface area contributed by atoms with Crippen molar-refractivity contribution in [1.82, 2.24) is 5.32 Å². The molecule has 1 aliphatic heterocycles. The van der Waals surface area contributed by atoms with Gasteiger partial charge in [-0.25, -0.2) is 14.4 Å². The highest BCUT2D eigenvalue weighted by atomic mass is 16.6. The number of carbonyl (C=O) groups is 5. The Kier molecular flexibility index (Phi) is 9.29. The van der Waals surface area contributed by atoms with E-state index in [4.69, 9.17) is 23.7 Å². The summed E-state index contributed by atoms with van der Waals surface area (Å²) in [7, 11) is 0. The highest BCUT2D eigenvalue weighted by molar-refractivity contribution is 5.95. The van der Waals surface area contributed by atoms with Gasteiger partial charge >= 0.3 is 24.0 Å². The number of esters is 3. The van der Waals surface area contributed by atoms with Crippen LogP contribution in [0.3, 0.4) is 0 Å². The molecule has 5 N–H and O–H groups in total. The Labute approximate surface area is 334 Å². The predicted molar refractivity (Wildman–Crippen MR) is 199 cm³/mol. The van der Waals surface area contributed by atoms with Gasteiger partial charge in [0.05, 0.1) is 35.6 Å². The van der Waals surface area contributed by atoms with Gasteiger partial charge in [-0.15, -0.1) is 0 Å². The Bertz CT molecular complexity index is 2080. The van der Waals surface area contributed by atoms with Crippen LogP contribution in [0.25, 0.3) is 0 Å². The van der Waals surface area contributed by atoms with Crippen LogP contribution in [-0.2, 0) is 38.1 Å². The highest BCUT2D eigenvalue weighted by Gasteiger charge is 2.91. The van der Waals surface area contributed by atoms with Crippen LogP contribution in [0.4, 0.5) is 4.79 Å². The molecule has 8 rings (SSSR count). The summed E-state index contributed by atoms with van der Waals surface area (Å²) in [4.78, 5) is 68.4. The van der Waals surface area contributed by atoms with Gasteiger partial charge in [0.15, 0.2) is 17.5 Å². The zero-order chi connectivity index (χ0) is 41.9. The number of hydrogen-bond acceptors (Lipinski definition) is 14. The van der Waals surface area contributed by atoms with Crippen molar-refractivity contribution in [2.24, 2.45) is 28.6 Å². The van der Waals surface area contributed by atoms with E-state index in [2.05, 4.69) is 5.32 Å². The minimum absolute atomic E-state index is 0.133. The molecule has 6 aliphatic rings. The second kappa shape index (κ2) is 13.4. The number of amides is 1. The molecule has 310 valence electrons. The molecule has 58 heavy (non-hydrogen) atoms. The lowest BCUT2D eigenvalue weighted by Gasteiger charge is -2.83. The molecular weight excluding hydrogens is 754 g/mol. The average molecular weight is 804 g/mol. The Balaban J connectivity index is 1.18. The topological polar surface area (TPSA) is 224 Å². The fourth-order valence-electron chi connectivity index (χ4n) is 11.5. The quantitative estimate of drug-likeness (QED) is 0.147. The monoisotopic (exact) mass is 803 g/mol. The van der Waals surface area contributed by atoms with Crippen LogP contribution < -0.4 is 5.32 Å². The molecule has 0 aromatic heterocycles. The first-order valence-electron chi connectivity index (χ1n) is 19.6. The van der Waals surface area contributed by atoms with Gasteiger partial charge in [0.1, 0.15) is 35.6 Å². The molecule has 14 atom stereocenters. The number of benzene rings is 2. The lowest BCUT2D eigenvalue weighted by atomic mass is 9.22. The summed E-state index contributed by atoms with van der Waals surface area (Å²) < 4.78 is 29.6. The first-order valence-corrected chi connectivity index (χ1v) is 19.6. The smallest absolute Gasteiger partial charge is 0.408 e. The third-order valence-corrected chi connectivity index (χ3v) is 13.8. The number of ketones is 1. The first-order chi connectivity index (χ1) is 27.2. The predicted octanol–water partition coefficient (Wildman–Crippen LogP) is 2.48.